The number of phenolic OH excluding ortho intramolecular Hbond substituents is 1. The van der Waals surface area contributed by atoms with Crippen LogP contribution < -0.4 is 14.8 Å². The van der Waals surface area contributed by atoms with E-state index in [0.29, 0.717) is 61.0 Å². The molecule has 3 heterocycles. The van der Waals surface area contributed by atoms with Gasteiger partial charge < -0.3 is 33.9 Å². The molecule has 10 nitrogen and oxygen atoms in total. The van der Waals surface area contributed by atoms with Gasteiger partial charge in [-0.05, 0) is 55.7 Å². The summed E-state index contributed by atoms with van der Waals surface area (Å²) < 4.78 is 24.1. The minimum absolute atomic E-state index is 0.126. The number of carbonyl (C=O) groups is 2. The van der Waals surface area contributed by atoms with E-state index in [1.54, 1.807) is 33.3 Å². The number of morpholine rings is 1. The molecule has 218 valence electrons. The highest BCUT2D eigenvalue weighted by molar-refractivity contribution is 6.06. The first-order chi connectivity index (χ1) is 19.9. The van der Waals surface area contributed by atoms with E-state index in [2.05, 4.69) is 14.8 Å². The van der Waals surface area contributed by atoms with Crippen LogP contribution in [0.25, 0.3) is 22.4 Å². The number of benzene rings is 2. The fraction of sp³-hybridized carbons (Fsp3) is 0.419. The van der Waals surface area contributed by atoms with Gasteiger partial charge in [0, 0.05) is 49.5 Å². The Morgan fingerprint density at radius 2 is 1.78 bits per heavy atom. The number of fused-ring (bicyclic) bond motifs is 3. The zero-order chi connectivity index (χ0) is 29.1. The predicted octanol–water partition coefficient (Wildman–Crippen LogP) is 3.65. The summed E-state index contributed by atoms with van der Waals surface area (Å²) in [6, 6.07) is 8.72. The quantitative estimate of drug-likeness (QED) is 0.380. The molecule has 2 aliphatic rings. The molecule has 0 unspecified atom stereocenters. The number of amides is 1. The lowest BCUT2D eigenvalue weighted by molar-refractivity contribution is 0.0383. The smallest absolute Gasteiger partial charge is 0.340 e. The minimum atomic E-state index is -0.452. The van der Waals surface area contributed by atoms with E-state index >= 15 is 0 Å². The molecular formula is C31H37N3O7. The third kappa shape index (κ3) is 5.49. The molecule has 0 saturated carbocycles. The lowest BCUT2D eigenvalue weighted by Crippen LogP contribution is -2.41. The molecule has 1 amide bonds. The Balaban J connectivity index is 1.55. The maximum absolute atomic E-state index is 13.6. The number of methoxy groups -OCH3 is 2. The van der Waals surface area contributed by atoms with Gasteiger partial charge in [-0.1, -0.05) is 6.07 Å². The molecule has 0 atom stereocenters. The van der Waals surface area contributed by atoms with Crippen LogP contribution in [0.4, 0.5) is 0 Å². The van der Waals surface area contributed by atoms with Gasteiger partial charge in [-0.25, -0.2) is 4.79 Å². The van der Waals surface area contributed by atoms with Gasteiger partial charge in [0.05, 0.1) is 50.9 Å². The molecule has 2 aliphatic heterocycles. The molecule has 2 aromatic carbocycles. The largest absolute Gasteiger partial charge is 0.507 e. The van der Waals surface area contributed by atoms with Crippen molar-refractivity contribution in [3.63, 3.8) is 0 Å². The van der Waals surface area contributed by atoms with Gasteiger partial charge >= 0.3 is 5.97 Å². The molecule has 3 aromatic rings. The van der Waals surface area contributed by atoms with Crippen LogP contribution in [0.1, 0.15) is 38.9 Å². The average molecular weight is 564 g/mol. The van der Waals surface area contributed by atoms with E-state index in [1.807, 2.05) is 19.1 Å². The molecule has 10 heteroatoms. The highest BCUT2D eigenvalue weighted by Gasteiger charge is 2.32. The van der Waals surface area contributed by atoms with E-state index in [-0.39, 0.29) is 23.8 Å². The van der Waals surface area contributed by atoms with E-state index < -0.39 is 5.97 Å². The lowest BCUT2D eigenvalue weighted by Gasteiger charge is -2.26. The van der Waals surface area contributed by atoms with Crippen molar-refractivity contribution >= 4 is 11.9 Å². The van der Waals surface area contributed by atoms with E-state index in [0.717, 1.165) is 42.0 Å². The van der Waals surface area contributed by atoms with Gasteiger partial charge in [-0.15, -0.1) is 0 Å². The first-order valence-electron chi connectivity index (χ1n) is 13.9. The second kappa shape index (κ2) is 12.2. The lowest BCUT2D eigenvalue weighted by atomic mass is 9.92. The highest BCUT2D eigenvalue weighted by atomic mass is 16.5. The van der Waals surface area contributed by atoms with Crippen molar-refractivity contribution in [3.8, 4) is 39.6 Å². The Kier molecular flexibility index (Phi) is 8.51. The number of nitrogens with zero attached hydrogens (tertiary/aromatic N) is 2. The third-order valence-corrected chi connectivity index (χ3v) is 7.82. The van der Waals surface area contributed by atoms with Gasteiger partial charge in [0.15, 0.2) is 11.5 Å². The Morgan fingerprint density at radius 3 is 2.49 bits per heavy atom. The number of aromatic hydroxyl groups is 1. The van der Waals surface area contributed by atoms with E-state index in [1.165, 1.54) is 6.07 Å². The SMILES string of the molecule is CCOC(=O)c1c(-c2ccc(O)c(C(=O)NCCN3CCOCC3)c2)c(C)n2c1-c1cc(OC)c(OC)cc1CC2. The molecule has 1 aromatic heterocycles. The number of hydrogen-bond donors (Lipinski definition) is 2. The fourth-order valence-electron chi connectivity index (χ4n) is 5.75. The van der Waals surface area contributed by atoms with Gasteiger partial charge in [-0.2, -0.15) is 0 Å². The average Bonchev–Trinajstić information content (AvgIpc) is 3.29. The zero-order valence-corrected chi connectivity index (χ0v) is 24.0. The summed E-state index contributed by atoms with van der Waals surface area (Å²) in [4.78, 5) is 28.9. The first-order valence-corrected chi connectivity index (χ1v) is 13.9. The summed E-state index contributed by atoms with van der Waals surface area (Å²) in [6.45, 7) is 8.77. The molecular weight excluding hydrogens is 526 g/mol. The molecule has 0 spiro atoms. The number of aromatic nitrogens is 1. The zero-order valence-electron chi connectivity index (χ0n) is 24.0. The van der Waals surface area contributed by atoms with Gasteiger partial charge in [-0.3, -0.25) is 9.69 Å². The number of carbonyl (C=O) groups excluding carboxylic acids is 2. The maximum Gasteiger partial charge on any atom is 0.340 e. The Hall–Kier alpha value is -4.02. The van der Waals surface area contributed by atoms with Gasteiger partial charge in [0.25, 0.3) is 5.91 Å². The summed E-state index contributed by atoms with van der Waals surface area (Å²) in [5, 5.41) is 13.5. The van der Waals surface area contributed by atoms with Crippen molar-refractivity contribution in [1.29, 1.82) is 0 Å². The predicted molar refractivity (Wildman–Crippen MR) is 154 cm³/mol. The van der Waals surface area contributed by atoms with Crippen LogP contribution >= 0.6 is 0 Å². The number of nitrogens with one attached hydrogen (secondary N) is 1. The Bertz CT molecular complexity index is 1460. The summed E-state index contributed by atoms with van der Waals surface area (Å²) in [5.74, 6) is 0.240. The van der Waals surface area contributed by atoms with Gasteiger partial charge in [0.2, 0.25) is 0 Å². The number of rotatable bonds is 9. The van der Waals surface area contributed by atoms with Crippen LogP contribution in [-0.4, -0.2) is 86.7 Å². The molecule has 5 rings (SSSR count). The molecule has 0 radical (unpaired) electrons. The monoisotopic (exact) mass is 563 g/mol. The number of phenols is 1. The molecule has 1 fully saturated rings. The van der Waals surface area contributed by atoms with Crippen LogP contribution in [0.2, 0.25) is 0 Å². The minimum Gasteiger partial charge on any atom is -0.507 e. The number of esters is 1. The summed E-state index contributed by atoms with van der Waals surface area (Å²) in [5.41, 5.74) is 5.39. The van der Waals surface area contributed by atoms with Crippen molar-refractivity contribution < 1.29 is 33.6 Å². The van der Waals surface area contributed by atoms with E-state index in [9.17, 15) is 14.7 Å². The van der Waals surface area contributed by atoms with Crippen LogP contribution in [0, 0.1) is 6.92 Å². The summed E-state index contributed by atoms with van der Waals surface area (Å²) >= 11 is 0. The molecule has 41 heavy (non-hydrogen) atoms. The highest BCUT2D eigenvalue weighted by Crippen LogP contribution is 2.45. The van der Waals surface area contributed by atoms with Crippen LogP contribution in [0.5, 0.6) is 17.2 Å². The Morgan fingerprint density at radius 1 is 1.05 bits per heavy atom. The molecule has 0 bridgehead atoms. The van der Waals surface area contributed by atoms with Crippen molar-refractivity contribution in [2.45, 2.75) is 26.8 Å². The van der Waals surface area contributed by atoms with E-state index in [4.69, 9.17) is 18.9 Å². The van der Waals surface area contributed by atoms with Crippen molar-refractivity contribution in [1.82, 2.24) is 14.8 Å². The van der Waals surface area contributed by atoms with Crippen LogP contribution in [0.3, 0.4) is 0 Å². The molecule has 1 saturated heterocycles. The second-order valence-electron chi connectivity index (χ2n) is 10.1. The fourth-order valence-corrected chi connectivity index (χ4v) is 5.75. The number of ether oxygens (including phenoxy) is 4. The van der Waals surface area contributed by atoms with Crippen LogP contribution in [-0.2, 0) is 22.4 Å². The Labute approximate surface area is 239 Å². The number of aryl methyl sites for hydroxylation is 1. The van der Waals surface area contributed by atoms with Crippen molar-refractivity contribution in [3.05, 3.63) is 52.7 Å². The second-order valence-corrected chi connectivity index (χ2v) is 10.1. The normalized spacial score (nSPS) is 14.6. The molecule has 0 aliphatic carbocycles. The maximum atomic E-state index is 13.6. The van der Waals surface area contributed by atoms with Crippen LogP contribution in [0.15, 0.2) is 30.3 Å². The van der Waals surface area contributed by atoms with Crippen molar-refractivity contribution in [2.24, 2.45) is 0 Å². The first kappa shape index (κ1) is 28.5. The van der Waals surface area contributed by atoms with Crippen molar-refractivity contribution in [2.75, 3.05) is 60.2 Å². The van der Waals surface area contributed by atoms with Gasteiger partial charge in [0.1, 0.15) is 5.75 Å². The third-order valence-electron chi connectivity index (χ3n) is 7.82. The standard InChI is InChI=1S/C31H37N3O7/c1-5-41-31(37)28-27(19(2)34-10-8-20-17-25(38-3)26(39-4)18-22(20)29(28)34)21-6-7-24(35)23(16-21)30(36)32-9-11-33-12-14-40-15-13-33/h6-7,16-18,35H,5,8-15H2,1-4H3,(H,32,36). The molecule has 2 N–H and O–H groups in total. The number of hydrogen-bond acceptors (Lipinski definition) is 8. The topological polar surface area (TPSA) is 111 Å². The summed E-state index contributed by atoms with van der Waals surface area (Å²) in [7, 11) is 3.18. The summed E-state index contributed by atoms with van der Waals surface area (Å²) in [6.07, 6.45) is 0.742.